The number of aryl methyl sites for hydroxylation is 1. The summed E-state index contributed by atoms with van der Waals surface area (Å²) in [6.45, 7) is 6.03. The monoisotopic (exact) mass is 279 g/mol. The maximum Gasteiger partial charge on any atom is 0.178 e. The van der Waals surface area contributed by atoms with Crippen molar-refractivity contribution in [3.05, 3.63) is 28.3 Å². The third kappa shape index (κ3) is 2.44. The van der Waals surface area contributed by atoms with Crippen molar-refractivity contribution >= 4 is 23.3 Å². The lowest BCUT2D eigenvalue weighted by molar-refractivity contribution is 0.323. The number of halogens is 1. The Morgan fingerprint density at radius 3 is 2.74 bits per heavy atom. The van der Waals surface area contributed by atoms with Gasteiger partial charge in [0.15, 0.2) is 4.77 Å². The SMILES string of the molecule is Cc1cc2c(cc1F)[nH]c(=S)n2CCN1CCCC1. The van der Waals surface area contributed by atoms with Crippen LogP contribution in [0.3, 0.4) is 0 Å². The van der Waals surface area contributed by atoms with E-state index >= 15 is 0 Å². The molecule has 0 aliphatic carbocycles. The number of hydrogen-bond acceptors (Lipinski definition) is 2. The number of fused-ring (bicyclic) bond motifs is 1. The second kappa shape index (κ2) is 5.06. The van der Waals surface area contributed by atoms with E-state index < -0.39 is 0 Å². The van der Waals surface area contributed by atoms with Crippen LogP contribution in [0.4, 0.5) is 4.39 Å². The average molecular weight is 279 g/mol. The highest BCUT2D eigenvalue weighted by atomic mass is 32.1. The third-order valence-corrected chi connectivity index (χ3v) is 4.22. The van der Waals surface area contributed by atoms with Crippen molar-refractivity contribution in [1.29, 1.82) is 0 Å². The van der Waals surface area contributed by atoms with Crippen LogP contribution in [0.15, 0.2) is 12.1 Å². The molecular formula is C14H18FN3S. The van der Waals surface area contributed by atoms with Gasteiger partial charge in [-0.25, -0.2) is 4.39 Å². The van der Waals surface area contributed by atoms with Gasteiger partial charge in [-0.15, -0.1) is 0 Å². The van der Waals surface area contributed by atoms with E-state index in [0.717, 1.165) is 24.1 Å². The maximum atomic E-state index is 13.5. The number of H-pyrrole nitrogens is 1. The fourth-order valence-electron chi connectivity index (χ4n) is 2.75. The van der Waals surface area contributed by atoms with Crippen LogP contribution >= 0.6 is 12.2 Å². The number of nitrogens with one attached hydrogen (secondary N) is 1. The predicted molar refractivity (Wildman–Crippen MR) is 77.5 cm³/mol. The predicted octanol–water partition coefficient (Wildman–Crippen LogP) is 3.24. The Hall–Kier alpha value is -1.20. The standard InChI is InChI=1S/C14H18FN3S/c1-10-8-13-12(9-11(10)15)16-14(19)18(13)7-6-17-4-2-3-5-17/h8-9H,2-7H2,1H3,(H,16,19). The van der Waals surface area contributed by atoms with E-state index in [0.29, 0.717) is 10.3 Å². The number of rotatable bonds is 3. The second-order valence-electron chi connectivity index (χ2n) is 5.25. The Labute approximate surface area is 117 Å². The van der Waals surface area contributed by atoms with Crippen molar-refractivity contribution in [2.24, 2.45) is 0 Å². The molecule has 1 aromatic heterocycles. The molecule has 19 heavy (non-hydrogen) atoms. The molecule has 1 saturated heterocycles. The van der Waals surface area contributed by atoms with Gasteiger partial charge in [0.25, 0.3) is 0 Å². The quantitative estimate of drug-likeness (QED) is 0.872. The van der Waals surface area contributed by atoms with Gasteiger partial charge in [0.1, 0.15) is 5.82 Å². The van der Waals surface area contributed by atoms with Crippen LogP contribution in [-0.4, -0.2) is 34.1 Å². The van der Waals surface area contributed by atoms with Gasteiger partial charge in [-0.05, 0) is 62.8 Å². The molecule has 0 bridgehead atoms. The van der Waals surface area contributed by atoms with Crippen LogP contribution < -0.4 is 0 Å². The molecule has 3 nitrogen and oxygen atoms in total. The van der Waals surface area contributed by atoms with Crippen molar-refractivity contribution < 1.29 is 4.39 Å². The number of likely N-dealkylation sites (tertiary alicyclic amines) is 1. The highest BCUT2D eigenvalue weighted by Crippen LogP contribution is 2.19. The molecule has 0 amide bonds. The largest absolute Gasteiger partial charge is 0.330 e. The van der Waals surface area contributed by atoms with Gasteiger partial charge in [0, 0.05) is 13.1 Å². The van der Waals surface area contributed by atoms with Crippen LogP contribution in [0, 0.1) is 17.5 Å². The summed E-state index contributed by atoms with van der Waals surface area (Å²) >= 11 is 5.35. The van der Waals surface area contributed by atoms with E-state index in [1.807, 2.05) is 6.07 Å². The minimum atomic E-state index is -0.185. The van der Waals surface area contributed by atoms with Crippen molar-refractivity contribution in [2.75, 3.05) is 19.6 Å². The Bertz CT molecular complexity index is 652. The minimum absolute atomic E-state index is 0.185. The number of aromatic nitrogens is 2. The first-order valence-electron chi connectivity index (χ1n) is 6.76. The minimum Gasteiger partial charge on any atom is -0.330 e. The molecule has 2 aromatic rings. The molecular weight excluding hydrogens is 261 g/mol. The first kappa shape index (κ1) is 12.8. The van der Waals surface area contributed by atoms with Gasteiger partial charge < -0.3 is 14.5 Å². The van der Waals surface area contributed by atoms with Crippen LogP contribution in [0.2, 0.25) is 0 Å². The zero-order chi connectivity index (χ0) is 13.4. The van der Waals surface area contributed by atoms with Crippen LogP contribution in [0.25, 0.3) is 11.0 Å². The molecule has 2 heterocycles. The van der Waals surface area contributed by atoms with E-state index in [9.17, 15) is 4.39 Å². The third-order valence-electron chi connectivity index (χ3n) is 3.89. The van der Waals surface area contributed by atoms with E-state index in [4.69, 9.17) is 12.2 Å². The molecule has 102 valence electrons. The topological polar surface area (TPSA) is 24.0 Å². The molecule has 0 radical (unpaired) electrons. The van der Waals surface area contributed by atoms with Gasteiger partial charge in [-0.3, -0.25) is 0 Å². The normalized spacial score (nSPS) is 16.5. The lowest BCUT2D eigenvalue weighted by Gasteiger charge is -2.15. The van der Waals surface area contributed by atoms with E-state index in [-0.39, 0.29) is 5.82 Å². The molecule has 1 N–H and O–H groups in total. The zero-order valence-electron chi connectivity index (χ0n) is 11.1. The Kier molecular flexibility index (Phi) is 3.41. The van der Waals surface area contributed by atoms with Crippen LogP contribution in [0.5, 0.6) is 0 Å². The fraction of sp³-hybridized carbons (Fsp3) is 0.500. The van der Waals surface area contributed by atoms with Crippen LogP contribution in [0.1, 0.15) is 18.4 Å². The van der Waals surface area contributed by atoms with Gasteiger partial charge in [-0.1, -0.05) is 0 Å². The van der Waals surface area contributed by atoms with Crippen molar-refractivity contribution in [3.8, 4) is 0 Å². The second-order valence-corrected chi connectivity index (χ2v) is 5.64. The summed E-state index contributed by atoms with van der Waals surface area (Å²) < 4.78 is 16.3. The first-order chi connectivity index (χ1) is 9.15. The summed E-state index contributed by atoms with van der Waals surface area (Å²) in [5, 5.41) is 0. The Balaban J connectivity index is 1.91. The molecule has 0 spiro atoms. The summed E-state index contributed by atoms with van der Waals surface area (Å²) in [5.41, 5.74) is 2.45. The van der Waals surface area contributed by atoms with Gasteiger partial charge in [0.2, 0.25) is 0 Å². The Morgan fingerprint density at radius 2 is 2.00 bits per heavy atom. The molecule has 1 fully saturated rings. The summed E-state index contributed by atoms with van der Waals surface area (Å²) in [5.74, 6) is -0.185. The molecule has 5 heteroatoms. The molecule has 3 rings (SSSR count). The van der Waals surface area contributed by atoms with Gasteiger partial charge in [-0.2, -0.15) is 0 Å². The zero-order valence-corrected chi connectivity index (χ0v) is 11.9. The van der Waals surface area contributed by atoms with Crippen molar-refractivity contribution in [1.82, 2.24) is 14.5 Å². The molecule has 1 aromatic carbocycles. The lowest BCUT2D eigenvalue weighted by atomic mass is 10.2. The fourth-order valence-corrected chi connectivity index (χ4v) is 3.05. The highest BCUT2D eigenvalue weighted by Gasteiger charge is 2.13. The number of hydrogen-bond donors (Lipinski definition) is 1. The summed E-state index contributed by atoms with van der Waals surface area (Å²) in [6, 6.07) is 3.41. The highest BCUT2D eigenvalue weighted by molar-refractivity contribution is 7.71. The van der Waals surface area contributed by atoms with Crippen molar-refractivity contribution in [2.45, 2.75) is 26.3 Å². The smallest absolute Gasteiger partial charge is 0.178 e. The summed E-state index contributed by atoms with van der Waals surface area (Å²) in [7, 11) is 0. The van der Waals surface area contributed by atoms with E-state index in [1.54, 1.807) is 6.92 Å². The molecule has 1 aliphatic rings. The van der Waals surface area contributed by atoms with Crippen molar-refractivity contribution in [3.63, 3.8) is 0 Å². The van der Waals surface area contributed by atoms with E-state index in [2.05, 4.69) is 14.5 Å². The average Bonchev–Trinajstić information content (AvgIpc) is 2.96. The molecule has 0 unspecified atom stereocenters. The lowest BCUT2D eigenvalue weighted by Crippen LogP contribution is -2.24. The van der Waals surface area contributed by atoms with Crippen LogP contribution in [-0.2, 0) is 6.54 Å². The number of benzene rings is 1. The number of nitrogens with zero attached hydrogens (tertiary/aromatic N) is 2. The van der Waals surface area contributed by atoms with Gasteiger partial charge in [0.05, 0.1) is 11.0 Å². The summed E-state index contributed by atoms with van der Waals surface area (Å²) in [4.78, 5) is 5.55. The molecule has 0 atom stereocenters. The molecule has 0 saturated carbocycles. The van der Waals surface area contributed by atoms with Gasteiger partial charge >= 0.3 is 0 Å². The summed E-state index contributed by atoms with van der Waals surface area (Å²) in [6.07, 6.45) is 2.59. The maximum absolute atomic E-state index is 13.5. The number of imidazole rings is 1. The first-order valence-corrected chi connectivity index (χ1v) is 7.17. The van der Waals surface area contributed by atoms with E-state index in [1.165, 1.54) is 32.0 Å². The number of aromatic amines is 1. The molecule has 1 aliphatic heterocycles. The Morgan fingerprint density at radius 1 is 1.26 bits per heavy atom.